The molecule has 1 saturated carbocycles. The number of hydrogen-bond acceptors (Lipinski definition) is 3. The Morgan fingerprint density at radius 2 is 1.89 bits per heavy atom. The Morgan fingerprint density at radius 3 is 2.70 bits per heavy atom. The van der Waals surface area contributed by atoms with Gasteiger partial charge in [-0.1, -0.05) is 24.3 Å². The number of nitrogens with zero attached hydrogens (tertiary/aromatic N) is 3. The van der Waals surface area contributed by atoms with E-state index in [1.54, 1.807) is 15.5 Å². The first kappa shape index (κ1) is 16.1. The second-order valence-electron chi connectivity index (χ2n) is 7.34. The summed E-state index contributed by atoms with van der Waals surface area (Å²) in [4.78, 5) is 32.3. The summed E-state index contributed by atoms with van der Waals surface area (Å²) in [5.41, 5.74) is 3.06. The summed E-state index contributed by atoms with van der Waals surface area (Å²) in [7, 11) is 0. The van der Waals surface area contributed by atoms with Crippen molar-refractivity contribution in [2.24, 2.45) is 0 Å². The predicted octanol–water partition coefficient (Wildman–Crippen LogP) is 2.82. The minimum atomic E-state index is -0.229. The number of nitrogens with one attached hydrogen (secondary N) is 1. The number of pyridine rings is 1. The summed E-state index contributed by atoms with van der Waals surface area (Å²) < 4.78 is 1.71. The summed E-state index contributed by atoms with van der Waals surface area (Å²) in [6, 6.07) is 13.8. The number of fused-ring (bicyclic) bond motifs is 2. The molecule has 1 N–H and O–H groups in total. The lowest BCUT2D eigenvalue weighted by Gasteiger charge is -2.21. The molecule has 1 aliphatic carbocycles. The van der Waals surface area contributed by atoms with Crippen LogP contribution in [-0.4, -0.2) is 33.3 Å². The molecule has 1 unspecified atom stereocenters. The summed E-state index contributed by atoms with van der Waals surface area (Å²) in [6.07, 6.45) is 4.61. The van der Waals surface area contributed by atoms with Crippen LogP contribution in [0.4, 0.5) is 5.69 Å². The van der Waals surface area contributed by atoms with Crippen molar-refractivity contribution in [1.82, 2.24) is 14.7 Å². The Hall–Kier alpha value is -3.15. The van der Waals surface area contributed by atoms with Crippen molar-refractivity contribution in [3.05, 3.63) is 65.7 Å². The second kappa shape index (κ2) is 5.94. The molecule has 0 radical (unpaired) electrons. The average molecular weight is 360 g/mol. The van der Waals surface area contributed by atoms with Crippen molar-refractivity contribution in [2.45, 2.75) is 38.3 Å². The molecule has 27 heavy (non-hydrogen) atoms. The number of rotatable bonds is 3. The highest BCUT2D eigenvalue weighted by Crippen LogP contribution is 2.33. The maximum atomic E-state index is 13.4. The molecule has 1 fully saturated rings. The third-order valence-corrected chi connectivity index (χ3v) is 5.29. The fraction of sp³-hybridized carbons (Fsp3) is 0.286. The maximum Gasteiger partial charge on any atom is 0.287 e. The van der Waals surface area contributed by atoms with Crippen molar-refractivity contribution >= 4 is 23.0 Å². The quantitative estimate of drug-likeness (QED) is 0.781. The molecule has 3 heterocycles. The summed E-state index contributed by atoms with van der Waals surface area (Å²) in [6.45, 7) is 2.04. The van der Waals surface area contributed by atoms with E-state index < -0.39 is 0 Å². The van der Waals surface area contributed by atoms with Gasteiger partial charge in [0.25, 0.3) is 11.8 Å². The van der Waals surface area contributed by atoms with Gasteiger partial charge in [0.05, 0.1) is 5.52 Å². The largest absolute Gasteiger partial charge is 0.347 e. The lowest BCUT2D eigenvalue weighted by atomic mass is 10.1. The number of benzene rings is 1. The van der Waals surface area contributed by atoms with Crippen LogP contribution in [0.25, 0.3) is 5.52 Å². The SMILES string of the molecule is CC1Cc2ccccc2N1C(=O)c1nc(C(=O)NC2CC2)n2ccccc12. The highest BCUT2D eigenvalue weighted by Gasteiger charge is 2.34. The Balaban J connectivity index is 1.59. The van der Waals surface area contributed by atoms with Gasteiger partial charge in [0.15, 0.2) is 5.69 Å². The normalized spacial score (nSPS) is 18.6. The van der Waals surface area contributed by atoms with E-state index >= 15 is 0 Å². The van der Waals surface area contributed by atoms with Crippen LogP contribution >= 0.6 is 0 Å². The first-order valence-electron chi connectivity index (χ1n) is 9.33. The van der Waals surface area contributed by atoms with Gasteiger partial charge in [0.2, 0.25) is 5.82 Å². The van der Waals surface area contributed by atoms with Crippen LogP contribution in [0, 0.1) is 0 Å². The van der Waals surface area contributed by atoms with Crippen molar-refractivity contribution in [3.63, 3.8) is 0 Å². The third kappa shape index (κ3) is 2.60. The van der Waals surface area contributed by atoms with Gasteiger partial charge in [-0.05, 0) is 49.9 Å². The van der Waals surface area contributed by atoms with Gasteiger partial charge in [-0.3, -0.25) is 14.0 Å². The van der Waals surface area contributed by atoms with Gasteiger partial charge >= 0.3 is 0 Å². The number of amides is 2. The minimum Gasteiger partial charge on any atom is -0.347 e. The molecule has 1 atom stereocenters. The smallest absolute Gasteiger partial charge is 0.287 e. The molecule has 2 aliphatic rings. The van der Waals surface area contributed by atoms with Crippen LogP contribution in [0.15, 0.2) is 48.7 Å². The topological polar surface area (TPSA) is 66.7 Å². The van der Waals surface area contributed by atoms with E-state index in [1.165, 1.54) is 0 Å². The monoisotopic (exact) mass is 360 g/mol. The minimum absolute atomic E-state index is 0.0547. The molecule has 136 valence electrons. The lowest BCUT2D eigenvalue weighted by Crippen LogP contribution is -2.36. The number of aromatic nitrogens is 2. The Morgan fingerprint density at radius 1 is 1.11 bits per heavy atom. The van der Waals surface area contributed by atoms with E-state index in [2.05, 4.69) is 16.4 Å². The Labute approximate surface area is 156 Å². The van der Waals surface area contributed by atoms with Gasteiger partial charge in [-0.2, -0.15) is 0 Å². The highest BCUT2D eigenvalue weighted by molar-refractivity contribution is 6.11. The molecule has 6 nitrogen and oxygen atoms in total. The fourth-order valence-electron chi connectivity index (χ4n) is 3.82. The van der Waals surface area contributed by atoms with Crippen LogP contribution in [0.2, 0.25) is 0 Å². The van der Waals surface area contributed by atoms with Crippen molar-refractivity contribution in [2.75, 3.05) is 4.90 Å². The molecule has 5 rings (SSSR count). The molecular weight excluding hydrogens is 340 g/mol. The van der Waals surface area contributed by atoms with Crippen LogP contribution in [0.1, 0.15) is 46.4 Å². The van der Waals surface area contributed by atoms with E-state index in [0.29, 0.717) is 11.2 Å². The van der Waals surface area contributed by atoms with Gasteiger partial charge in [-0.25, -0.2) is 4.98 Å². The molecular formula is C21H20N4O2. The summed E-state index contributed by atoms with van der Waals surface area (Å²) in [5, 5.41) is 2.96. The number of anilines is 1. The van der Waals surface area contributed by atoms with E-state index in [4.69, 9.17) is 0 Å². The zero-order chi connectivity index (χ0) is 18.5. The first-order chi connectivity index (χ1) is 13.1. The van der Waals surface area contributed by atoms with Gasteiger partial charge in [0.1, 0.15) is 0 Å². The van der Waals surface area contributed by atoms with E-state index in [0.717, 1.165) is 30.5 Å². The predicted molar refractivity (Wildman–Crippen MR) is 102 cm³/mol. The van der Waals surface area contributed by atoms with Crippen molar-refractivity contribution < 1.29 is 9.59 Å². The van der Waals surface area contributed by atoms with Crippen LogP contribution < -0.4 is 10.2 Å². The van der Waals surface area contributed by atoms with Crippen LogP contribution in [0.5, 0.6) is 0 Å². The zero-order valence-corrected chi connectivity index (χ0v) is 15.1. The fourth-order valence-corrected chi connectivity index (χ4v) is 3.82. The van der Waals surface area contributed by atoms with E-state index in [-0.39, 0.29) is 29.7 Å². The second-order valence-corrected chi connectivity index (χ2v) is 7.34. The first-order valence-corrected chi connectivity index (χ1v) is 9.33. The number of hydrogen-bond donors (Lipinski definition) is 1. The Bertz CT molecular complexity index is 1070. The molecule has 2 amide bonds. The molecule has 0 bridgehead atoms. The lowest BCUT2D eigenvalue weighted by molar-refractivity contribution is 0.0940. The molecule has 3 aromatic rings. The van der Waals surface area contributed by atoms with Gasteiger partial charge in [-0.15, -0.1) is 0 Å². The van der Waals surface area contributed by atoms with Crippen LogP contribution in [-0.2, 0) is 6.42 Å². The van der Waals surface area contributed by atoms with Gasteiger partial charge < -0.3 is 10.2 Å². The van der Waals surface area contributed by atoms with E-state index in [9.17, 15) is 9.59 Å². The Kier molecular flexibility index (Phi) is 3.53. The van der Waals surface area contributed by atoms with Crippen LogP contribution in [0.3, 0.4) is 0 Å². The third-order valence-electron chi connectivity index (χ3n) is 5.29. The summed E-state index contributed by atoms with van der Waals surface area (Å²) in [5.74, 6) is -0.129. The number of para-hydroxylation sites is 1. The number of carbonyl (C=O) groups is 2. The standard InChI is InChI=1S/C21H20N4O2/c1-13-12-14-6-2-3-7-16(14)25(13)21(27)18-17-8-4-5-11-24(17)19(23-18)20(26)22-15-9-10-15/h2-8,11,13,15H,9-10,12H2,1H3,(H,22,26). The molecule has 1 aliphatic heterocycles. The highest BCUT2D eigenvalue weighted by atomic mass is 16.2. The zero-order valence-electron chi connectivity index (χ0n) is 15.1. The molecule has 1 aromatic carbocycles. The van der Waals surface area contributed by atoms with Crippen molar-refractivity contribution in [3.8, 4) is 0 Å². The molecule has 6 heteroatoms. The van der Waals surface area contributed by atoms with Gasteiger partial charge in [0, 0.05) is 24.0 Å². The van der Waals surface area contributed by atoms with E-state index in [1.807, 2.05) is 43.3 Å². The number of imidazole rings is 1. The number of carbonyl (C=O) groups excluding carboxylic acids is 2. The molecule has 0 spiro atoms. The molecule has 0 saturated heterocycles. The maximum absolute atomic E-state index is 13.4. The molecule has 2 aromatic heterocycles. The van der Waals surface area contributed by atoms with Crippen molar-refractivity contribution in [1.29, 1.82) is 0 Å². The average Bonchev–Trinajstić information content (AvgIpc) is 3.29. The summed E-state index contributed by atoms with van der Waals surface area (Å²) >= 11 is 0.